The molecule has 1 aromatic carbocycles. The van der Waals surface area contributed by atoms with Crippen LogP contribution in [-0.4, -0.2) is 47.5 Å². The largest absolute Gasteiger partial charge is 0.481 e. The van der Waals surface area contributed by atoms with E-state index in [0.717, 1.165) is 50.0 Å². The van der Waals surface area contributed by atoms with Crippen LogP contribution in [0.1, 0.15) is 42.5 Å². The second-order valence-corrected chi connectivity index (χ2v) is 6.23. The van der Waals surface area contributed by atoms with Crippen LogP contribution in [0.3, 0.4) is 0 Å². The van der Waals surface area contributed by atoms with Gasteiger partial charge in [-0.2, -0.15) is 0 Å². The van der Waals surface area contributed by atoms with E-state index in [1.807, 2.05) is 6.07 Å². The Hall–Kier alpha value is -3.47. The number of amides is 2. The van der Waals surface area contributed by atoms with Gasteiger partial charge >= 0.3 is 5.97 Å². The van der Waals surface area contributed by atoms with Gasteiger partial charge in [0.2, 0.25) is 0 Å². The number of aliphatic imine (C=N–C) groups is 2. The molecule has 2 amide bonds. The molecular weight excluding hydrogens is 360 g/mol. The number of carbonyl (C=O) groups is 3. The molecule has 0 bridgehead atoms. The van der Waals surface area contributed by atoms with Gasteiger partial charge in [-0.15, -0.1) is 6.42 Å². The minimum absolute atomic E-state index is 0.308. The van der Waals surface area contributed by atoms with Crippen LogP contribution in [0, 0.1) is 12.3 Å². The van der Waals surface area contributed by atoms with Gasteiger partial charge in [0.25, 0.3) is 11.8 Å². The molecule has 1 atom stereocenters. The van der Waals surface area contributed by atoms with Gasteiger partial charge in [-0.3, -0.25) is 19.4 Å². The van der Waals surface area contributed by atoms with E-state index in [2.05, 4.69) is 26.5 Å². The molecule has 28 heavy (non-hydrogen) atoms. The predicted octanol–water partition coefficient (Wildman–Crippen LogP) is 1.87. The second kappa shape index (κ2) is 10.6. The van der Waals surface area contributed by atoms with Gasteiger partial charge in [0.15, 0.2) is 0 Å². The van der Waals surface area contributed by atoms with Gasteiger partial charge in [0.1, 0.15) is 11.9 Å². The van der Waals surface area contributed by atoms with Crippen LogP contribution in [0.25, 0.3) is 0 Å². The molecule has 0 aromatic heterocycles. The maximum Gasteiger partial charge on any atom is 0.306 e. The van der Waals surface area contributed by atoms with E-state index in [1.54, 1.807) is 18.2 Å². The summed E-state index contributed by atoms with van der Waals surface area (Å²) in [5.74, 6) is 0.571. The van der Waals surface area contributed by atoms with Crippen molar-refractivity contribution in [2.75, 3.05) is 11.9 Å². The van der Waals surface area contributed by atoms with Gasteiger partial charge in [-0.25, -0.2) is 4.99 Å². The van der Waals surface area contributed by atoms with E-state index >= 15 is 0 Å². The van der Waals surface area contributed by atoms with Crippen molar-refractivity contribution in [1.82, 2.24) is 5.32 Å². The molecule has 0 saturated heterocycles. The molecule has 0 aliphatic carbocycles. The molecule has 146 valence electrons. The first-order valence-corrected chi connectivity index (χ1v) is 8.95. The number of aliphatic carboxylic acids is 1. The van der Waals surface area contributed by atoms with Crippen molar-refractivity contribution in [2.45, 2.75) is 38.1 Å². The highest BCUT2D eigenvalue weighted by Crippen LogP contribution is 2.15. The normalized spacial score (nSPS) is 15.0. The van der Waals surface area contributed by atoms with Gasteiger partial charge in [-0.05, 0) is 31.0 Å². The molecule has 8 heteroatoms. The van der Waals surface area contributed by atoms with Gasteiger partial charge in [0, 0.05) is 24.2 Å². The fraction of sp³-hybridized carbons (Fsp3) is 0.350. The van der Waals surface area contributed by atoms with Crippen molar-refractivity contribution < 1.29 is 19.5 Å². The van der Waals surface area contributed by atoms with E-state index in [0.29, 0.717) is 5.56 Å². The number of benzene rings is 1. The molecule has 0 saturated carbocycles. The molecular formula is C20H22N4O4. The number of hydrogen-bond acceptors (Lipinski definition) is 5. The maximum atomic E-state index is 12.2. The summed E-state index contributed by atoms with van der Waals surface area (Å²) >= 11 is 0. The quantitative estimate of drug-likeness (QED) is 0.512. The van der Waals surface area contributed by atoms with Crippen LogP contribution in [-0.2, 0) is 9.59 Å². The number of anilines is 1. The second-order valence-electron chi connectivity index (χ2n) is 6.23. The third kappa shape index (κ3) is 7.03. The Labute approximate surface area is 163 Å². The minimum Gasteiger partial charge on any atom is -0.481 e. The number of amidine groups is 1. The SMILES string of the molecule is C#C[C@H](CC(=O)O)NC(=O)C=NC(=O)c1cccc(NC2=NCCCCC2)c1. The lowest BCUT2D eigenvalue weighted by Crippen LogP contribution is -2.36. The molecule has 8 nitrogen and oxygen atoms in total. The highest BCUT2D eigenvalue weighted by Gasteiger charge is 2.13. The van der Waals surface area contributed by atoms with E-state index in [1.165, 1.54) is 0 Å². The first kappa shape index (κ1) is 20.8. The number of carbonyl (C=O) groups excluding carboxylic acids is 2. The lowest BCUT2D eigenvalue weighted by atomic mass is 10.1. The Morgan fingerprint density at radius 2 is 2.14 bits per heavy atom. The fourth-order valence-electron chi connectivity index (χ4n) is 2.60. The Morgan fingerprint density at radius 1 is 1.32 bits per heavy atom. The number of nitrogens with zero attached hydrogens (tertiary/aromatic N) is 2. The summed E-state index contributed by atoms with van der Waals surface area (Å²) < 4.78 is 0. The highest BCUT2D eigenvalue weighted by molar-refractivity contribution is 6.29. The van der Waals surface area contributed by atoms with E-state index < -0.39 is 30.2 Å². The molecule has 1 aromatic rings. The third-order valence-electron chi connectivity index (χ3n) is 3.97. The summed E-state index contributed by atoms with van der Waals surface area (Å²) in [4.78, 5) is 42.7. The van der Waals surface area contributed by atoms with Gasteiger partial charge in [-0.1, -0.05) is 18.4 Å². The first-order valence-electron chi connectivity index (χ1n) is 8.95. The number of terminal acetylenes is 1. The number of hydrogen-bond donors (Lipinski definition) is 3. The van der Waals surface area contributed by atoms with Crippen molar-refractivity contribution in [3.8, 4) is 12.3 Å². The monoisotopic (exact) mass is 382 g/mol. The van der Waals surface area contributed by atoms with Crippen molar-refractivity contribution >= 4 is 35.5 Å². The molecule has 0 spiro atoms. The minimum atomic E-state index is -1.14. The van der Waals surface area contributed by atoms with E-state index in [4.69, 9.17) is 11.5 Å². The zero-order chi connectivity index (χ0) is 20.4. The van der Waals surface area contributed by atoms with Crippen LogP contribution in [0.4, 0.5) is 5.69 Å². The number of rotatable bonds is 6. The van der Waals surface area contributed by atoms with Crippen LogP contribution in [0.2, 0.25) is 0 Å². The van der Waals surface area contributed by atoms with Crippen molar-refractivity contribution in [3.05, 3.63) is 29.8 Å². The zero-order valence-corrected chi connectivity index (χ0v) is 15.4. The van der Waals surface area contributed by atoms with E-state index in [9.17, 15) is 14.4 Å². The van der Waals surface area contributed by atoms with Crippen molar-refractivity contribution in [2.24, 2.45) is 9.98 Å². The Kier molecular flexibility index (Phi) is 7.91. The lowest BCUT2D eigenvalue weighted by Gasteiger charge is -2.09. The Bertz CT molecular complexity index is 839. The lowest BCUT2D eigenvalue weighted by molar-refractivity contribution is -0.137. The maximum absolute atomic E-state index is 12.2. The smallest absolute Gasteiger partial charge is 0.306 e. The van der Waals surface area contributed by atoms with Crippen LogP contribution >= 0.6 is 0 Å². The average Bonchev–Trinajstić information content (AvgIpc) is 2.94. The standard InChI is InChI=1S/C20H22N4O4/c1-2-15(12-19(26)27)24-18(25)13-22-20(28)14-7-6-8-16(11-14)23-17-9-4-3-5-10-21-17/h1,6-8,11,13,15H,3-5,9-10,12H2,(H,21,23)(H,24,25)(H,26,27)/t15-/m1/s1. The molecule has 3 N–H and O–H groups in total. The summed E-state index contributed by atoms with van der Waals surface area (Å²) in [7, 11) is 0. The van der Waals surface area contributed by atoms with Crippen LogP contribution in [0.5, 0.6) is 0 Å². The summed E-state index contributed by atoms with van der Waals surface area (Å²) in [5.41, 5.74) is 1.03. The van der Waals surface area contributed by atoms with E-state index in [-0.39, 0.29) is 0 Å². The molecule has 1 heterocycles. The summed E-state index contributed by atoms with van der Waals surface area (Å²) in [6.07, 6.45) is 9.71. The molecule has 1 aliphatic rings. The fourth-order valence-corrected chi connectivity index (χ4v) is 2.60. The van der Waals surface area contributed by atoms with Gasteiger partial charge in [0.05, 0.1) is 12.6 Å². The Balaban J connectivity index is 1.97. The summed E-state index contributed by atoms with van der Waals surface area (Å²) in [6, 6.07) is 5.79. The number of nitrogens with one attached hydrogen (secondary N) is 2. The number of carboxylic acids is 1. The molecule has 0 unspecified atom stereocenters. The van der Waals surface area contributed by atoms with Crippen LogP contribution < -0.4 is 10.6 Å². The van der Waals surface area contributed by atoms with Crippen molar-refractivity contribution in [3.63, 3.8) is 0 Å². The summed E-state index contributed by atoms with van der Waals surface area (Å²) in [5, 5.41) is 14.2. The Morgan fingerprint density at radius 3 is 2.89 bits per heavy atom. The molecule has 1 aliphatic heterocycles. The molecule has 0 radical (unpaired) electrons. The molecule has 2 rings (SSSR count). The molecule has 0 fully saturated rings. The third-order valence-corrected chi connectivity index (χ3v) is 3.97. The first-order chi connectivity index (χ1) is 13.5. The number of carboxylic acid groups (broad SMARTS) is 1. The van der Waals surface area contributed by atoms with Gasteiger partial charge < -0.3 is 15.7 Å². The van der Waals surface area contributed by atoms with Crippen molar-refractivity contribution in [1.29, 1.82) is 0 Å². The highest BCUT2D eigenvalue weighted by atomic mass is 16.4. The zero-order valence-electron chi connectivity index (χ0n) is 15.4. The predicted molar refractivity (Wildman–Crippen MR) is 107 cm³/mol. The van der Waals surface area contributed by atoms with Crippen LogP contribution in [0.15, 0.2) is 34.3 Å². The summed E-state index contributed by atoms with van der Waals surface area (Å²) in [6.45, 7) is 0.793. The average molecular weight is 382 g/mol. The topological polar surface area (TPSA) is 120 Å².